The Morgan fingerprint density at radius 1 is 0.391 bits per heavy atom. The third-order valence-corrected chi connectivity index (χ3v) is 7.94. The first-order valence-electron chi connectivity index (χ1n) is 16.2. The summed E-state index contributed by atoms with van der Waals surface area (Å²) < 4.78 is 19.1. The fraction of sp³-hybridized carbons (Fsp3) is 0.871. The van der Waals surface area contributed by atoms with Gasteiger partial charge in [-0.25, -0.2) is 0 Å². The second kappa shape index (κ2) is 27.7. The zero-order valence-corrected chi connectivity index (χ0v) is 29.7. The highest BCUT2D eigenvalue weighted by molar-refractivity contribution is 5.70. The number of nitrogens with two attached hydrogens (primary N) is 1. The third kappa shape index (κ3) is 23.9. The largest absolute Gasteiger partial charge is 0.469 e. The van der Waals surface area contributed by atoms with Crippen LogP contribution >= 0.6 is 0 Å². The van der Waals surface area contributed by atoms with Gasteiger partial charge in [0, 0.05) is 105 Å². The highest BCUT2D eigenvalue weighted by Crippen LogP contribution is 2.02. The van der Waals surface area contributed by atoms with Crippen molar-refractivity contribution in [1.29, 1.82) is 0 Å². The average Bonchev–Trinajstić information content (AvgIpc) is 3.06. The quantitative estimate of drug-likeness (QED) is 0.0763. The number of methoxy groups -OCH3 is 4. The van der Waals surface area contributed by atoms with E-state index in [9.17, 15) is 19.2 Å². The summed E-state index contributed by atoms with van der Waals surface area (Å²) in [7, 11) is 11.8. The molecule has 0 saturated carbocycles. The smallest absolute Gasteiger partial charge is 0.306 e. The number of carbonyl (C=O) groups is 4. The molecule has 0 rings (SSSR count). The predicted octanol–water partition coefficient (Wildman–Crippen LogP) is -1.10. The molecule has 0 saturated heterocycles. The van der Waals surface area contributed by atoms with Crippen LogP contribution in [-0.2, 0) is 38.1 Å². The Bertz CT molecular complexity index is 741. The van der Waals surface area contributed by atoms with Gasteiger partial charge in [0.1, 0.15) is 0 Å². The molecule has 0 unspecified atom stereocenters. The maximum absolute atomic E-state index is 11.7. The van der Waals surface area contributed by atoms with E-state index in [4.69, 9.17) is 24.7 Å². The standard InChI is InChI=1S/C31H63N7O8/c1-33(17-12-32)18-25-38(26-21-34(2)19-23-36(13-8-28(39)43-4)14-9-29(40)44-5)27-22-35(3)20-24-37(15-10-30(41)45-6)16-11-31(42)46-7/h8-27,32H2,1-7H3. The molecule has 15 nitrogen and oxygen atoms in total. The van der Waals surface area contributed by atoms with Crippen molar-refractivity contribution in [2.24, 2.45) is 5.73 Å². The Morgan fingerprint density at radius 2 is 0.609 bits per heavy atom. The lowest BCUT2D eigenvalue weighted by molar-refractivity contribution is -0.142. The van der Waals surface area contributed by atoms with Gasteiger partial charge in [0.05, 0.1) is 54.1 Å². The van der Waals surface area contributed by atoms with E-state index >= 15 is 0 Å². The Balaban J connectivity index is 5.03. The maximum atomic E-state index is 11.7. The first-order chi connectivity index (χ1) is 22.0. The van der Waals surface area contributed by atoms with Gasteiger partial charge in [0.15, 0.2) is 0 Å². The van der Waals surface area contributed by atoms with Crippen LogP contribution in [-0.4, -0.2) is 208 Å². The molecular weight excluding hydrogens is 598 g/mol. The Morgan fingerprint density at radius 3 is 0.826 bits per heavy atom. The van der Waals surface area contributed by atoms with Crippen molar-refractivity contribution in [1.82, 2.24) is 29.4 Å². The summed E-state index contributed by atoms with van der Waals surface area (Å²) in [6.07, 6.45) is 1.08. The van der Waals surface area contributed by atoms with E-state index in [0.29, 0.717) is 32.7 Å². The minimum atomic E-state index is -0.272. The van der Waals surface area contributed by atoms with Gasteiger partial charge < -0.3 is 49.2 Å². The zero-order chi connectivity index (χ0) is 34.7. The molecule has 0 radical (unpaired) electrons. The molecule has 0 aliphatic carbocycles. The van der Waals surface area contributed by atoms with Crippen LogP contribution in [0.25, 0.3) is 0 Å². The highest BCUT2D eigenvalue weighted by atomic mass is 16.5. The molecule has 0 atom stereocenters. The van der Waals surface area contributed by atoms with E-state index < -0.39 is 0 Å². The average molecular weight is 662 g/mol. The van der Waals surface area contributed by atoms with Gasteiger partial charge in [-0.3, -0.25) is 24.1 Å². The lowest BCUT2D eigenvalue weighted by atomic mass is 10.3. The lowest BCUT2D eigenvalue weighted by Gasteiger charge is -2.30. The number of likely N-dealkylation sites (N-methyl/N-ethyl adjacent to an activating group) is 3. The molecule has 0 heterocycles. The molecule has 0 aromatic carbocycles. The first kappa shape index (κ1) is 43.6. The van der Waals surface area contributed by atoms with Gasteiger partial charge in [-0.2, -0.15) is 0 Å². The topological polar surface area (TPSA) is 151 Å². The number of esters is 4. The van der Waals surface area contributed by atoms with Crippen LogP contribution in [0.2, 0.25) is 0 Å². The predicted molar refractivity (Wildman–Crippen MR) is 177 cm³/mol. The Hall–Kier alpha value is -2.40. The second-order valence-corrected chi connectivity index (χ2v) is 11.5. The van der Waals surface area contributed by atoms with E-state index in [1.54, 1.807) is 0 Å². The first-order valence-corrected chi connectivity index (χ1v) is 16.2. The van der Waals surface area contributed by atoms with Crippen molar-refractivity contribution in [3.05, 3.63) is 0 Å². The van der Waals surface area contributed by atoms with E-state index in [-0.39, 0.29) is 49.6 Å². The molecule has 0 bridgehead atoms. The summed E-state index contributed by atoms with van der Waals surface area (Å²) in [5, 5.41) is 0. The summed E-state index contributed by atoms with van der Waals surface area (Å²) in [5.41, 5.74) is 5.75. The summed E-state index contributed by atoms with van der Waals surface area (Å²) in [5.74, 6) is -1.09. The number of hydrogen-bond donors (Lipinski definition) is 1. The zero-order valence-electron chi connectivity index (χ0n) is 29.7. The fourth-order valence-corrected chi connectivity index (χ4v) is 4.53. The van der Waals surface area contributed by atoms with E-state index in [2.05, 4.69) is 50.5 Å². The third-order valence-electron chi connectivity index (χ3n) is 7.94. The number of ether oxygens (including phenoxy) is 4. The normalized spacial score (nSPS) is 11.7. The van der Waals surface area contributed by atoms with Gasteiger partial charge in [0.2, 0.25) is 0 Å². The molecule has 0 aliphatic heterocycles. The number of nitrogens with zero attached hydrogens (tertiary/aromatic N) is 6. The molecule has 0 aromatic rings. The molecule has 15 heteroatoms. The Kier molecular flexibility index (Phi) is 26.2. The highest BCUT2D eigenvalue weighted by Gasteiger charge is 2.15. The van der Waals surface area contributed by atoms with Crippen LogP contribution in [0, 0.1) is 0 Å². The number of rotatable bonds is 29. The summed E-state index contributed by atoms with van der Waals surface area (Å²) in [6, 6.07) is 0. The molecule has 46 heavy (non-hydrogen) atoms. The van der Waals surface area contributed by atoms with Crippen LogP contribution in [0.5, 0.6) is 0 Å². The number of hydrogen-bond acceptors (Lipinski definition) is 15. The maximum Gasteiger partial charge on any atom is 0.306 e. The van der Waals surface area contributed by atoms with Crippen LogP contribution in [0.15, 0.2) is 0 Å². The summed E-state index contributed by atoms with van der Waals surface area (Å²) in [4.78, 5) is 60.2. The van der Waals surface area contributed by atoms with Gasteiger partial charge in [0.25, 0.3) is 0 Å². The summed E-state index contributed by atoms with van der Waals surface area (Å²) in [6.45, 7) is 11.9. The van der Waals surface area contributed by atoms with Gasteiger partial charge in [-0.05, 0) is 21.1 Å². The SMILES string of the molecule is COC(=O)CCN(CCC(=O)OC)CCN(C)CCN(CCN(C)CCN)CCN(C)CCN(CCC(=O)OC)CCC(=O)OC. The van der Waals surface area contributed by atoms with Crippen LogP contribution in [0.1, 0.15) is 25.7 Å². The van der Waals surface area contributed by atoms with Crippen molar-refractivity contribution in [3.8, 4) is 0 Å². The van der Waals surface area contributed by atoms with E-state index in [1.165, 1.54) is 28.4 Å². The van der Waals surface area contributed by atoms with E-state index in [1.807, 2.05) is 0 Å². The molecule has 0 spiro atoms. The van der Waals surface area contributed by atoms with Crippen molar-refractivity contribution in [2.75, 3.05) is 154 Å². The van der Waals surface area contributed by atoms with Crippen molar-refractivity contribution < 1.29 is 38.1 Å². The lowest BCUT2D eigenvalue weighted by Crippen LogP contribution is -2.44. The Labute approximate surface area is 277 Å². The molecule has 0 amide bonds. The molecule has 2 N–H and O–H groups in total. The summed E-state index contributed by atoms with van der Waals surface area (Å²) >= 11 is 0. The minimum Gasteiger partial charge on any atom is -0.469 e. The molecule has 0 aromatic heterocycles. The fourth-order valence-electron chi connectivity index (χ4n) is 4.53. The van der Waals surface area contributed by atoms with Gasteiger partial charge in [-0.1, -0.05) is 0 Å². The van der Waals surface area contributed by atoms with Gasteiger partial charge in [-0.15, -0.1) is 0 Å². The molecular formula is C31H63N7O8. The van der Waals surface area contributed by atoms with Gasteiger partial charge >= 0.3 is 23.9 Å². The monoisotopic (exact) mass is 661 g/mol. The molecule has 270 valence electrons. The van der Waals surface area contributed by atoms with Crippen LogP contribution < -0.4 is 5.73 Å². The minimum absolute atomic E-state index is 0.271. The van der Waals surface area contributed by atoms with Crippen LogP contribution in [0.4, 0.5) is 0 Å². The van der Waals surface area contributed by atoms with Crippen molar-refractivity contribution in [2.45, 2.75) is 25.7 Å². The van der Waals surface area contributed by atoms with Crippen molar-refractivity contribution in [3.63, 3.8) is 0 Å². The second-order valence-electron chi connectivity index (χ2n) is 11.5. The van der Waals surface area contributed by atoms with E-state index in [0.717, 1.165) is 72.0 Å². The molecule has 0 fully saturated rings. The molecule has 0 aliphatic rings. The number of carbonyl (C=O) groups excluding carboxylic acids is 4. The van der Waals surface area contributed by atoms with Crippen molar-refractivity contribution >= 4 is 23.9 Å². The van der Waals surface area contributed by atoms with Crippen LogP contribution in [0.3, 0.4) is 0 Å².